The molecule has 0 radical (unpaired) electrons. The molecule has 1 heterocycles. The molecule has 0 aliphatic heterocycles. The third-order valence-electron chi connectivity index (χ3n) is 4.35. The van der Waals surface area contributed by atoms with Crippen molar-refractivity contribution >= 4 is 22.6 Å². The van der Waals surface area contributed by atoms with Crippen LogP contribution in [0.3, 0.4) is 0 Å². The van der Waals surface area contributed by atoms with Gasteiger partial charge in [0.15, 0.2) is 5.69 Å². The van der Waals surface area contributed by atoms with Crippen molar-refractivity contribution in [3.8, 4) is 0 Å². The van der Waals surface area contributed by atoms with Gasteiger partial charge in [0.1, 0.15) is 0 Å². The molecule has 27 heavy (non-hydrogen) atoms. The van der Waals surface area contributed by atoms with Gasteiger partial charge in [0.05, 0.1) is 5.39 Å². The molecule has 0 bridgehead atoms. The quantitative estimate of drug-likeness (QED) is 0.692. The standard InChI is InChI=1S/C20H20N4O3/c1-13(14-8-4-3-5-9-14)12-17(25)21-22-19(26)18-15-10-6-7-11-16(15)20(27)24(2)23-18/h3-11,13H,12H2,1-2H3,(H,21,25)(H,22,26)/t13-/m0/s1. The van der Waals surface area contributed by atoms with Crippen LogP contribution < -0.4 is 16.4 Å². The molecule has 2 aromatic carbocycles. The molecule has 2 N–H and O–H groups in total. The van der Waals surface area contributed by atoms with Crippen LogP contribution in [0.1, 0.15) is 35.3 Å². The predicted molar refractivity (Wildman–Crippen MR) is 102 cm³/mol. The third kappa shape index (κ3) is 4.03. The second-order valence-electron chi connectivity index (χ2n) is 6.34. The Hall–Kier alpha value is -3.48. The topological polar surface area (TPSA) is 93.1 Å². The highest BCUT2D eigenvalue weighted by atomic mass is 16.2. The van der Waals surface area contributed by atoms with Crippen LogP contribution in [-0.2, 0) is 11.8 Å². The molecule has 138 valence electrons. The van der Waals surface area contributed by atoms with Crippen molar-refractivity contribution in [2.75, 3.05) is 0 Å². The largest absolute Gasteiger partial charge is 0.290 e. The number of amides is 2. The lowest BCUT2D eigenvalue weighted by atomic mass is 9.98. The molecule has 0 aliphatic rings. The molecule has 3 rings (SSSR count). The van der Waals surface area contributed by atoms with Crippen LogP contribution in [0.5, 0.6) is 0 Å². The molecule has 2 amide bonds. The van der Waals surface area contributed by atoms with Gasteiger partial charge >= 0.3 is 0 Å². The van der Waals surface area contributed by atoms with Crippen LogP contribution in [-0.4, -0.2) is 21.6 Å². The van der Waals surface area contributed by atoms with E-state index in [-0.39, 0.29) is 29.5 Å². The molecule has 0 unspecified atom stereocenters. The zero-order valence-electron chi connectivity index (χ0n) is 15.1. The van der Waals surface area contributed by atoms with E-state index in [2.05, 4.69) is 16.0 Å². The van der Waals surface area contributed by atoms with Crippen molar-refractivity contribution in [3.05, 3.63) is 76.2 Å². The summed E-state index contributed by atoms with van der Waals surface area (Å²) in [4.78, 5) is 36.7. The number of hydrogen-bond acceptors (Lipinski definition) is 4. The number of aryl methyl sites for hydroxylation is 1. The van der Waals surface area contributed by atoms with Crippen molar-refractivity contribution in [2.24, 2.45) is 7.05 Å². The highest BCUT2D eigenvalue weighted by molar-refractivity contribution is 6.05. The maximum atomic E-state index is 12.5. The molecule has 0 fully saturated rings. The van der Waals surface area contributed by atoms with E-state index in [0.717, 1.165) is 10.2 Å². The van der Waals surface area contributed by atoms with Gasteiger partial charge in [0.25, 0.3) is 11.5 Å². The summed E-state index contributed by atoms with van der Waals surface area (Å²) in [7, 11) is 1.48. The minimum absolute atomic E-state index is 0.0135. The van der Waals surface area contributed by atoms with Crippen LogP contribution >= 0.6 is 0 Å². The Labute approximate surface area is 156 Å². The van der Waals surface area contributed by atoms with E-state index in [0.29, 0.717) is 10.8 Å². The zero-order valence-corrected chi connectivity index (χ0v) is 15.1. The second kappa shape index (κ2) is 7.82. The van der Waals surface area contributed by atoms with Crippen molar-refractivity contribution in [1.29, 1.82) is 0 Å². The maximum absolute atomic E-state index is 12.5. The molecule has 1 aromatic heterocycles. The first kappa shape index (κ1) is 18.3. The first-order valence-electron chi connectivity index (χ1n) is 8.57. The van der Waals surface area contributed by atoms with E-state index >= 15 is 0 Å². The highest BCUT2D eigenvalue weighted by Crippen LogP contribution is 2.18. The Kier molecular flexibility index (Phi) is 5.30. The van der Waals surface area contributed by atoms with E-state index in [1.807, 2.05) is 37.3 Å². The average Bonchev–Trinajstić information content (AvgIpc) is 2.69. The molecule has 1 atom stereocenters. The Morgan fingerprint density at radius 2 is 1.63 bits per heavy atom. The number of carbonyl (C=O) groups excluding carboxylic acids is 2. The smallest absolute Gasteiger partial charge is 0.273 e. The number of nitrogens with one attached hydrogen (secondary N) is 2. The molecule has 7 heteroatoms. The van der Waals surface area contributed by atoms with Crippen LogP contribution in [0, 0.1) is 0 Å². The summed E-state index contributed by atoms with van der Waals surface area (Å²) >= 11 is 0. The van der Waals surface area contributed by atoms with E-state index < -0.39 is 5.91 Å². The van der Waals surface area contributed by atoms with Crippen molar-refractivity contribution in [3.63, 3.8) is 0 Å². The number of fused-ring (bicyclic) bond motifs is 1. The number of hydrazine groups is 1. The van der Waals surface area contributed by atoms with Gasteiger partial charge in [0, 0.05) is 18.9 Å². The van der Waals surface area contributed by atoms with Crippen molar-refractivity contribution < 1.29 is 9.59 Å². The normalized spacial score (nSPS) is 11.8. The fourth-order valence-corrected chi connectivity index (χ4v) is 2.88. The summed E-state index contributed by atoms with van der Waals surface area (Å²) in [6.45, 7) is 1.94. The lowest BCUT2D eigenvalue weighted by Gasteiger charge is -2.13. The Bertz CT molecular complexity index is 1040. The first-order valence-corrected chi connectivity index (χ1v) is 8.57. The summed E-state index contributed by atoms with van der Waals surface area (Å²) in [5.74, 6) is -0.879. The summed E-state index contributed by atoms with van der Waals surface area (Å²) in [5, 5.41) is 4.86. The van der Waals surface area contributed by atoms with Gasteiger partial charge < -0.3 is 0 Å². The molecule has 0 aliphatic carbocycles. The van der Waals surface area contributed by atoms with Gasteiger partial charge in [-0.1, -0.05) is 55.5 Å². The van der Waals surface area contributed by atoms with Crippen molar-refractivity contribution in [2.45, 2.75) is 19.3 Å². The summed E-state index contributed by atoms with van der Waals surface area (Å²) in [5.41, 5.74) is 5.62. The van der Waals surface area contributed by atoms with Gasteiger partial charge in [-0.25, -0.2) is 4.68 Å². The monoisotopic (exact) mass is 364 g/mol. The van der Waals surface area contributed by atoms with Gasteiger partial charge in [0.2, 0.25) is 5.91 Å². The average molecular weight is 364 g/mol. The lowest BCUT2D eigenvalue weighted by molar-refractivity contribution is -0.122. The Morgan fingerprint density at radius 1 is 1.00 bits per heavy atom. The zero-order chi connectivity index (χ0) is 19.4. The predicted octanol–water partition coefficient (Wildman–Crippen LogP) is 1.89. The van der Waals surface area contributed by atoms with Crippen LogP contribution in [0.15, 0.2) is 59.4 Å². The van der Waals surface area contributed by atoms with Gasteiger partial charge in [-0.3, -0.25) is 25.2 Å². The highest BCUT2D eigenvalue weighted by Gasteiger charge is 2.17. The molecule has 0 saturated carbocycles. The van der Waals surface area contributed by atoms with Crippen LogP contribution in [0.25, 0.3) is 10.8 Å². The number of benzene rings is 2. The lowest BCUT2D eigenvalue weighted by Crippen LogP contribution is -2.43. The van der Waals surface area contributed by atoms with E-state index in [1.54, 1.807) is 24.3 Å². The molecular formula is C20H20N4O3. The molecule has 3 aromatic rings. The van der Waals surface area contributed by atoms with E-state index in [1.165, 1.54) is 7.05 Å². The minimum atomic E-state index is -0.581. The molecule has 7 nitrogen and oxygen atoms in total. The number of nitrogens with zero attached hydrogens (tertiary/aromatic N) is 2. The minimum Gasteiger partial charge on any atom is -0.273 e. The first-order chi connectivity index (χ1) is 13.0. The summed E-state index contributed by atoms with van der Waals surface area (Å²) in [6, 6.07) is 16.4. The Morgan fingerprint density at radius 3 is 2.33 bits per heavy atom. The molecular weight excluding hydrogens is 344 g/mol. The number of aromatic nitrogens is 2. The van der Waals surface area contributed by atoms with E-state index in [4.69, 9.17) is 0 Å². The van der Waals surface area contributed by atoms with Gasteiger partial charge in [-0.15, -0.1) is 0 Å². The van der Waals surface area contributed by atoms with Crippen LogP contribution in [0.2, 0.25) is 0 Å². The third-order valence-corrected chi connectivity index (χ3v) is 4.35. The van der Waals surface area contributed by atoms with E-state index in [9.17, 15) is 14.4 Å². The van der Waals surface area contributed by atoms with Gasteiger partial charge in [-0.2, -0.15) is 5.10 Å². The SMILES string of the molecule is C[C@@H](CC(=O)NNC(=O)c1nn(C)c(=O)c2ccccc12)c1ccccc1. The summed E-state index contributed by atoms with van der Waals surface area (Å²) < 4.78 is 1.11. The number of hydrogen-bond donors (Lipinski definition) is 2. The number of carbonyl (C=O) groups is 2. The second-order valence-corrected chi connectivity index (χ2v) is 6.34. The molecule has 0 saturated heterocycles. The number of rotatable bonds is 4. The Balaban J connectivity index is 1.70. The van der Waals surface area contributed by atoms with Crippen LogP contribution in [0.4, 0.5) is 0 Å². The van der Waals surface area contributed by atoms with Crippen molar-refractivity contribution in [1.82, 2.24) is 20.6 Å². The molecule has 0 spiro atoms. The fourth-order valence-electron chi connectivity index (χ4n) is 2.88. The van der Waals surface area contributed by atoms with Gasteiger partial charge in [-0.05, 0) is 17.5 Å². The summed E-state index contributed by atoms with van der Waals surface area (Å²) in [6.07, 6.45) is 0.228. The maximum Gasteiger partial charge on any atom is 0.290 e. The fraction of sp³-hybridized carbons (Fsp3) is 0.200.